The number of hydrogen-bond donors (Lipinski definition) is 3. The first kappa shape index (κ1) is 29.2. The van der Waals surface area contributed by atoms with Crippen LogP contribution >= 0.6 is 11.6 Å². The Morgan fingerprint density at radius 2 is 2.03 bits per heavy atom. The average molecular weight is 526 g/mol. The van der Waals surface area contributed by atoms with E-state index in [1.54, 1.807) is 24.1 Å². The molecule has 1 unspecified atom stereocenters. The van der Waals surface area contributed by atoms with Crippen LogP contribution in [0.15, 0.2) is 18.2 Å². The van der Waals surface area contributed by atoms with Crippen LogP contribution in [0.1, 0.15) is 76.2 Å². The number of amides is 2. The van der Waals surface area contributed by atoms with E-state index in [0.717, 1.165) is 32.2 Å². The number of methoxy groups -OCH3 is 1. The molecular weight excluding hydrogens is 481 g/mol. The molecule has 0 radical (unpaired) electrons. The predicted molar refractivity (Wildman–Crippen MR) is 143 cm³/mol. The molecule has 36 heavy (non-hydrogen) atoms. The van der Waals surface area contributed by atoms with Crippen LogP contribution in [0.2, 0.25) is 5.02 Å². The number of nitrogens with zero attached hydrogens (tertiary/aromatic N) is 1. The zero-order valence-electron chi connectivity index (χ0n) is 22.0. The molecule has 2 fully saturated rings. The average Bonchev–Trinajstić information content (AvgIpc) is 2.89. The summed E-state index contributed by atoms with van der Waals surface area (Å²) in [7, 11) is 3.57. The van der Waals surface area contributed by atoms with E-state index in [9.17, 15) is 9.90 Å². The van der Waals surface area contributed by atoms with E-state index in [-0.39, 0.29) is 28.6 Å². The number of ether oxygens (including phenoxy) is 1. The van der Waals surface area contributed by atoms with Crippen LogP contribution in [0.3, 0.4) is 0 Å². The summed E-state index contributed by atoms with van der Waals surface area (Å²) in [4.78, 5) is 15.2. The molecule has 2 amide bonds. The molecule has 0 aromatic heterocycles. The molecule has 3 rings (SSSR count). The number of unbranched alkanes of at least 4 members (excludes halogenated alkanes) is 1. The molecule has 1 saturated carbocycles. The maximum Gasteiger partial charge on any atom is 0.317 e. The van der Waals surface area contributed by atoms with E-state index >= 15 is 4.39 Å². The largest absolute Gasteiger partial charge is 0.385 e. The van der Waals surface area contributed by atoms with Crippen molar-refractivity contribution in [3.8, 4) is 0 Å². The van der Waals surface area contributed by atoms with Gasteiger partial charge in [0.25, 0.3) is 0 Å². The summed E-state index contributed by atoms with van der Waals surface area (Å²) in [5, 5.41) is 18.5. The van der Waals surface area contributed by atoms with Gasteiger partial charge in [0.2, 0.25) is 0 Å². The van der Waals surface area contributed by atoms with Gasteiger partial charge in [-0.25, -0.2) is 9.18 Å². The highest BCUT2D eigenvalue weighted by atomic mass is 35.5. The summed E-state index contributed by atoms with van der Waals surface area (Å²) in [6, 6.07) is 4.79. The Hall–Kier alpha value is -1.41. The molecule has 204 valence electrons. The molecule has 8 heteroatoms. The number of carbonyl (C=O) groups is 1. The van der Waals surface area contributed by atoms with Gasteiger partial charge in [-0.05, 0) is 57.6 Å². The zero-order chi connectivity index (χ0) is 26.0. The van der Waals surface area contributed by atoms with E-state index in [2.05, 4.69) is 10.6 Å². The first-order valence-corrected chi connectivity index (χ1v) is 14.1. The van der Waals surface area contributed by atoms with Gasteiger partial charge in [-0.2, -0.15) is 0 Å². The number of nitrogens with one attached hydrogen (secondary N) is 2. The topological polar surface area (TPSA) is 73.8 Å². The summed E-state index contributed by atoms with van der Waals surface area (Å²) in [6.07, 6.45) is 10.7. The minimum absolute atomic E-state index is 0.00541. The quantitative estimate of drug-likeness (QED) is 0.317. The van der Waals surface area contributed by atoms with Crippen LogP contribution in [-0.4, -0.2) is 62.5 Å². The van der Waals surface area contributed by atoms with Crippen molar-refractivity contribution in [3.63, 3.8) is 0 Å². The van der Waals surface area contributed by atoms with Gasteiger partial charge in [-0.3, -0.25) is 0 Å². The van der Waals surface area contributed by atoms with Crippen molar-refractivity contribution in [2.75, 3.05) is 40.4 Å². The molecule has 0 bridgehead atoms. The maximum absolute atomic E-state index is 15.1. The van der Waals surface area contributed by atoms with Gasteiger partial charge in [0.05, 0.1) is 10.6 Å². The molecule has 3 atom stereocenters. The molecule has 0 spiro atoms. The zero-order valence-corrected chi connectivity index (χ0v) is 22.8. The molecule has 1 aromatic carbocycles. The standard InChI is InChI=1S/C28H45ClFN3O3/c1-31-19-23(18-21-10-4-3-5-11-21)32-27(34)33-16-9-12-22(20-33)28(35,15-6-7-17-36-2)24-13-8-14-25(29)26(24)30/h8,13-14,21-23,31,35H,3-7,9-12,15-20H2,1-2H3,(H,32,34)/t22-,23+,28?/m1/s1. The summed E-state index contributed by atoms with van der Waals surface area (Å²) in [5.41, 5.74) is -1.18. The Bertz CT molecular complexity index is 823. The molecule has 6 nitrogen and oxygen atoms in total. The SMILES string of the molecule is CNC[C@H](CC1CCCCC1)NC(=O)N1CCC[C@@H](C(O)(CCCCOC)c2cccc(Cl)c2F)C1. The van der Waals surface area contributed by atoms with Crippen molar-refractivity contribution in [2.45, 2.75) is 82.3 Å². The van der Waals surface area contributed by atoms with Gasteiger partial charge < -0.3 is 25.4 Å². The number of likely N-dealkylation sites (N-methyl/N-ethyl adjacent to an activating group) is 1. The number of benzene rings is 1. The first-order chi connectivity index (χ1) is 17.4. The Balaban J connectivity index is 1.72. The van der Waals surface area contributed by atoms with Crippen molar-refractivity contribution in [3.05, 3.63) is 34.6 Å². The highest BCUT2D eigenvalue weighted by molar-refractivity contribution is 6.30. The second kappa shape index (κ2) is 14.5. The number of likely N-dealkylation sites (tertiary alicyclic amines) is 1. The fourth-order valence-corrected chi connectivity index (χ4v) is 6.29. The first-order valence-electron chi connectivity index (χ1n) is 13.7. The normalized spacial score (nSPS) is 21.7. The summed E-state index contributed by atoms with van der Waals surface area (Å²) in [6.45, 7) is 2.34. The minimum Gasteiger partial charge on any atom is -0.385 e. The lowest BCUT2D eigenvalue weighted by Gasteiger charge is -2.43. The highest BCUT2D eigenvalue weighted by Crippen LogP contribution is 2.42. The molecule has 3 N–H and O–H groups in total. The minimum atomic E-state index is -1.41. The second-order valence-corrected chi connectivity index (χ2v) is 11.1. The lowest BCUT2D eigenvalue weighted by molar-refractivity contribution is -0.0587. The van der Waals surface area contributed by atoms with Crippen LogP contribution in [-0.2, 0) is 10.3 Å². The number of urea groups is 1. The summed E-state index contributed by atoms with van der Waals surface area (Å²) < 4.78 is 20.3. The number of aliphatic hydroxyl groups is 1. The van der Waals surface area contributed by atoms with Crippen LogP contribution in [0, 0.1) is 17.7 Å². The lowest BCUT2D eigenvalue weighted by atomic mass is 9.74. The molecule has 1 aromatic rings. The van der Waals surface area contributed by atoms with E-state index < -0.39 is 11.4 Å². The number of rotatable bonds is 12. The Labute approximate surface area is 221 Å². The Kier molecular flexibility index (Phi) is 11.7. The van der Waals surface area contributed by atoms with Gasteiger partial charge in [0.15, 0.2) is 0 Å². The number of piperidine rings is 1. The van der Waals surface area contributed by atoms with Crippen molar-refractivity contribution in [1.82, 2.24) is 15.5 Å². The van der Waals surface area contributed by atoms with Crippen molar-refractivity contribution >= 4 is 17.6 Å². The third-order valence-corrected chi connectivity index (χ3v) is 8.37. The molecular formula is C28H45ClFN3O3. The Morgan fingerprint density at radius 3 is 2.75 bits per heavy atom. The monoisotopic (exact) mass is 525 g/mol. The highest BCUT2D eigenvalue weighted by Gasteiger charge is 2.43. The molecule has 2 aliphatic rings. The van der Waals surface area contributed by atoms with Gasteiger partial charge in [-0.15, -0.1) is 0 Å². The van der Waals surface area contributed by atoms with Gasteiger partial charge >= 0.3 is 6.03 Å². The second-order valence-electron chi connectivity index (χ2n) is 10.7. The van der Waals surface area contributed by atoms with E-state index in [1.807, 2.05) is 7.05 Å². The summed E-state index contributed by atoms with van der Waals surface area (Å²) in [5.74, 6) is -0.195. The number of halogens is 2. The molecule has 1 aliphatic carbocycles. The van der Waals surface area contributed by atoms with E-state index in [1.165, 1.54) is 38.2 Å². The number of hydrogen-bond acceptors (Lipinski definition) is 4. The van der Waals surface area contributed by atoms with E-state index in [4.69, 9.17) is 16.3 Å². The van der Waals surface area contributed by atoms with Gasteiger partial charge in [0.1, 0.15) is 5.82 Å². The fraction of sp³-hybridized carbons (Fsp3) is 0.750. The summed E-state index contributed by atoms with van der Waals surface area (Å²) >= 11 is 6.10. The smallest absolute Gasteiger partial charge is 0.317 e. The van der Waals surface area contributed by atoms with Gasteiger partial charge in [-0.1, -0.05) is 55.8 Å². The van der Waals surface area contributed by atoms with Gasteiger partial charge in [0, 0.05) is 50.9 Å². The maximum atomic E-state index is 15.1. The van der Waals surface area contributed by atoms with Crippen LogP contribution in [0.5, 0.6) is 0 Å². The fourth-order valence-electron chi connectivity index (χ4n) is 6.12. The van der Waals surface area contributed by atoms with Crippen molar-refractivity contribution < 1.29 is 19.0 Å². The van der Waals surface area contributed by atoms with Crippen molar-refractivity contribution in [1.29, 1.82) is 0 Å². The van der Waals surface area contributed by atoms with E-state index in [0.29, 0.717) is 38.5 Å². The molecule has 1 saturated heterocycles. The van der Waals surface area contributed by atoms with Crippen LogP contribution < -0.4 is 10.6 Å². The van der Waals surface area contributed by atoms with Crippen LogP contribution in [0.4, 0.5) is 9.18 Å². The lowest BCUT2D eigenvalue weighted by Crippen LogP contribution is -2.54. The Morgan fingerprint density at radius 1 is 1.25 bits per heavy atom. The van der Waals surface area contributed by atoms with Crippen molar-refractivity contribution in [2.24, 2.45) is 11.8 Å². The van der Waals surface area contributed by atoms with Crippen LogP contribution in [0.25, 0.3) is 0 Å². The third kappa shape index (κ3) is 7.80. The molecule has 1 aliphatic heterocycles. The third-order valence-electron chi connectivity index (χ3n) is 8.08. The predicted octanol–water partition coefficient (Wildman–Crippen LogP) is 5.46. The number of carbonyl (C=O) groups excluding carboxylic acids is 1. The molecule has 1 heterocycles.